The smallest absolute Gasteiger partial charge is 0.227 e. The van der Waals surface area contributed by atoms with Crippen molar-refractivity contribution >= 4 is 34.1 Å². The van der Waals surface area contributed by atoms with Crippen LogP contribution in [0.1, 0.15) is 0 Å². The van der Waals surface area contributed by atoms with Gasteiger partial charge in [-0.05, 0) is 24.3 Å². The van der Waals surface area contributed by atoms with Crippen molar-refractivity contribution < 1.29 is 8.81 Å². The third kappa shape index (κ3) is 2.08. The van der Waals surface area contributed by atoms with Gasteiger partial charge in [-0.15, -0.1) is 0 Å². The topological polar surface area (TPSA) is 78.1 Å². The summed E-state index contributed by atoms with van der Waals surface area (Å²) in [5.74, 6) is -0.236. The van der Waals surface area contributed by atoms with Crippen molar-refractivity contribution in [1.82, 2.24) is 4.98 Å². The number of hydrogen-bond acceptors (Lipinski definition) is 4. The molecule has 0 saturated heterocycles. The Hall–Kier alpha value is -2.27. The fraction of sp³-hybridized carbons (Fsp3) is 0. The van der Waals surface area contributed by atoms with E-state index in [4.69, 9.17) is 27.5 Å². The Kier molecular flexibility index (Phi) is 2.57. The first-order valence-corrected chi connectivity index (χ1v) is 5.83. The molecule has 0 aliphatic rings. The zero-order valence-corrected chi connectivity index (χ0v) is 10.4. The van der Waals surface area contributed by atoms with Crippen molar-refractivity contribution in [2.75, 3.05) is 11.5 Å². The summed E-state index contributed by atoms with van der Waals surface area (Å²) < 4.78 is 18.8. The highest BCUT2D eigenvalue weighted by atomic mass is 35.5. The fourth-order valence-corrected chi connectivity index (χ4v) is 2.01. The van der Waals surface area contributed by atoms with Crippen LogP contribution in [0, 0.1) is 5.82 Å². The van der Waals surface area contributed by atoms with Gasteiger partial charge in [-0.25, -0.2) is 9.37 Å². The number of rotatable bonds is 1. The predicted octanol–water partition coefficient (Wildman–Crippen LogP) is 3.45. The number of nitrogens with zero attached hydrogens (tertiary/aromatic N) is 1. The van der Waals surface area contributed by atoms with Crippen LogP contribution in [0.4, 0.5) is 15.8 Å². The average molecular weight is 278 g/mol. The molecule has 0 atom stereocenters. The van der Waals surface area contributed by atoms with Crippen molar-refractivity contribution in [3.8, 4) is 11.5 Å². The summed E-state index contributed by atoms with van der Waals surface area (Å²) in [4.78, 5) is 4.24. The quantitative estimate of drug-likeness (QED) is 0.668. The molecule has 4 nitrogen and oxygen atoms in total. The second-order valence-electron chi connectivity index (χ2n) is 4.14. The molecular weight excluding hydrogens is 269 g/mol. The number of hydrogen-bond donors (Lipinski definition) is 2. The van der Waals surface area contributed by atoms with E-state index in [0.717, 1.165) is 0 Å². The number of benzene rings is 2. The minimum atomic E-state index is -0.552. The van der Waals surface area contributed by atoms with Crippen LogP contribution in [-0.2, 0) is 0 Å². The number of fused-ring (bicyclic) bond motifs is 1. The molecule has 0 amide bonds. The Morgan fingerprint density at radius 3 is 2.42 bits per heavy atom. The van der Waals surface area contributed by atoms with Crippen LogP contribution >= 0.6 is 11.6 Å². The number of nitrogens with two attached hydrogens (primary N) is 2. The lowest BCUT2D eigenvalue weighted by molar-refractivity contribution is 0.602. The molecule has 1 aromatic heterocycles. The van der Waals surface area contributed by atoms with E-state index in [-0.39, 0.29) is 5.02 Å². The highest BCUT2D eigenvalue weighted by Gasteiger charge is 2.12. The van der Waals surface area contributed by atoms with Crippen LogP contribution in [0.15, 0.2) is 34.7 Å². The van der Waals surface area contributed by atoms with Crippen molar-refractivity contribution in [3.63, 3.8) is 0 Å². The fourth-order valence-electron chi connectivity index (χ4n) is 1.85. The summed E-state index contributed by atoms with van der Waals surface area (Å²) in [6.07, 6.45) is 0. The Balaban J connectivity index is 2.20. The van der Waals surface area contributed by atoms with Gasteiger partial charge in [-0.2, -0.15) is 0 Å². The van der Waals surface area contributed by atoms with E-state index in [1.807, 2.05) is 0 Å². The summed E-state index contributed by atoms with van der Waals surface area (Å²) in [6, 6.07) is 7.60. The molecule has 0 aliphatic heterocycles. The predicted molar refractivity (Wildman–Crippen MR) is 73.2 cm³/mol. The molecule has 0 bridgehead atoms. The van der Waals surface area contributed by atoms with E-state index in [1.165, 1.54) is 12.1 Å². The summed E-state index contributed by atoms with van der Waals surface area (Å²) in [5.41, 5.74) is 13.8. The summed E-state index contributed by atoms with van der Waals surface area (Å²) in [6.45, 7) is 0. The summed E-state index contributed by atoms with van der Waals surface area (Å²) in [5, 5.41) is -0.000519. The number of oxazole rings is 1. The van der Waals surface area contributed by atoms with E-state index in [0.29, 0.717) is 33.9 Å². The zero-order chi connectivity index (χ0) is 13.6. The first kappa shape index (κ1) is 11.8. The van der Waals surface area contributed by atoms with Gasteiger partial charge in [-0.1, -0.05) is 11.6 Å². The zero-order valence-electron chi connectivity index (χ0n) is 9.65. The van der Waals surface area contributed by atoms with E-state index < -0.39 is 5.82 Å². The third-order valence-electron chi connectivity index (χ3n) is 2.66. The molecule has 2 aromatic carbocycles. The molecule has 0 aliphatic carbocycles. The second-order valence-corrected chi connectivity index (χ2v) is 4.55. The van der Waals surface area contributed by atoms with E-state index >= 15 is 0 Å². The monoisotopic (exact) mass is 277 g/mol. The number of aromatic nitrogens is 1. The van der Waals surface area contributed by atoms with Gasteiger partial charge < -0.3 is 15.9 Å². The van der Waals surface area contributed by atoms with Crippen LogP contribution in [0.3, 0.4) is 0 Å². The average Bonchev–Trinajstić information content (AvgIpc) is 2.71. The maximum Gasteiger partial charge on any atom is 0.227 e. The normalized spacial score (nSPS) is 11.1. The Labute approximate surface area is 112 Å². The van der Waals surface area contributed by atoms with Gasteiger partial charge in [0.05, 0.1) is 5.02 Å². The van der Waals surface area contributed by atoms with Crippen molar-refractivity contribution in [2.24, 2.45) is 0 Å². The lowest BCUT2D eigenvalue weighted by Crippen LogP contribution is -1.91. The lowest BCUT2D eigenvalue weighted by Gasteiger charge is -2.00. The minimum absolute atomic E-state index is 0.000519. The van der Waals surface area contributed by atoms with Crippen LogP contribution in [0.25, 0.3) is 22.6 Å². The molecular formula is C13H9ClFN3O. The number of halogens is 2. The maximum absolute atomic E-state index is 13.3. The van der Waals surface area contributed by atoms with Gasteiger partial charge in [0.1, 0.15) is 11.3 Å². The van der Waals surface area contributed by atoms with Crippen LogP contribution in [0.2, 0.25) is 5.02 Å². The van der Waals surface area contributed by atoms with Gasteiger partial charge in [0.2, 0.25) is 5.89 Å². The number of nitrogen functional groups attached to an aromatic ring is 2. The van der Waals surface area contributed by atoms with Crippen molar-refractivity contribution in [2.45, 2.75) is 0 Å². The molecule has 0 unspecified atom stereocenters. The molecule has 4 N–H and O–H groups in total. The molecule has 1 heterocycles. The van der Waals surface area contributed by atoms with Crippen molar-refractivity contribution in [1.29, 1.82) is 0 Å². The van der Waals surface area contributed by atoms with Crippen LogP contribution < -0.4 is 11.5 Å². The molecule has 96 valence electrons. The molecule has 0 radical (unpaired) electrons. The summed E-state index contributed by atoms with van der Waals surface area (Å²) in [7, 11) is 0. The first-order chi connectivity index (χ1) is 9.02. The Bertz CT molecular complexity index is 726. The maximum atomic E-state index is 13.3. The SMILES string of the molecule is Nc1cc(N)cc(-c2nc3cc(Cl)c(F)cc3o2)c1. The molecule has 0 fully saturated rings. The molecule has 6 heteroatoms. The molecule has 19 heavy (non-hydrogen) atoms. The van der Waals surface area contributed by atoms with Gasteiger partial charge >= 0.3 is 0 Å². The highest BCUT2D eigenvalue weighted by molar-refractivity contribution is 6.31. The van der Waals surface area contributed by atoms with Gasteiger partial charge in [0.25, 0.3) is 0 Å². The third-order valence-corrected chi connectivity index (χ3v) is 2.94. The lowest BCUT2D eigenvalue weighted by atomic mass is 10.2. The van der Waals surface area contributed by atoms with E-state index in [2.05, 4.69) is 4.98 Å². The highest BCUT2D eigenvalue weighted by Crippen LogP contribution is 2.29. The van der Waals surface area contributed by atoms with E-state index in [9.17, 15) is 4.39 Å². The minimum Gasteiger partial charge on any atom is -0.436 e. The summed E-state index contributed by atoms with van der Waals surface area (Å²) >= 11 is 5.70. The van der Waals surface area contributed by atoms with Crippen molar-refractivity contribution in [3.05, 3.63) is 41.2 Å². The van der Waals surface area contributed by atoms with Crippen LogP contribution in [0.5, 0.6) is 0 Å². The largest absolute Gasteiger partial charge is 0.436 e. The molecule has 3 rings (SSSR count). The second kappa shape index (κ2) is 4.13. The number of anilines is 2. The molecule has 0 saturated carbocycles. The molecule has 0 spiro atoms. The Morgan fingerprint density at radius 2 is 1.74 bits per heavy atom. The molecule has 3 aromatic rings. The van der Waals surface area contributed by atoms with Gasteiger partial charge in [-0.3, -0.25) is 0 Å². The van der Waals surface area contributed by atoms with E-state index in [1.54, 1.807) is 18.2 Å². The first-order valence-electron chi connectivity index (χ1n) is 5.45. The Morgan fingerprint density at radius 1 is 1.05 bits per heavy atom. The van der Waals surface area contributed by atoms with Crippen LogP contribution in [-0.4, -0.2) is 4.98 Å². The van der Waals surface area contributed by atoms with Gasteiger partial charge in [0, 0.05) is 23.0 Å². The van der Waals surface area contributed by atoms with Gasteiger partial charge in [0.15, 0.2) is 5.58 Å². The standard InChI is InChI=1S/C13H9ClFN3O/c14-9-4-11-12(5-10(9)15)19-13(18-11)6-1-7(16)3-8(17)2-6/h1-5H,16-17H2.